The van der Waals surface area contributed by atoms with E-state index in [1.165, 1.54) is 0 Å². The van der Waals surface area contributed by atoms with Crippen molar-refractivity contribution in [2.24, 2.45) is 0 Å². The molecule has 0 aliphatic rings. The van der Waals surface area contributed by atoms with Gasteiger partial charge in [-0.3, -0.25) is 0 Å². The molecule has 2 rings (SSSR count). The molecule has 80 valence electrons. The monoisotopic (exact) mass is 274 g/mol. The number of benzene rings is 2. The summed E-state index contributed by atoms with van der Waals surface area (Å²) in [6, 6.07) is 17.5. The summed E-state index contributed by atoms with van der Waals surface area (Å²) in [5, 5.41) is 0. The molecule has 0 atom stereocenters. The summed E-state index contributed by atoms with van der Waals surface area (Å²) < 4.78 is 6.68. The second-order valence-corrected chi connectivity index (χ2v) is 4.26. The van der Waals surface area contributed by atoms with Crippen molar-refractivity contribution in [2.75, 3.05) is 0 Å². The summed E-state index contributed by atoms with van der Waals surface area (Å²) in [6.07, 6.45) is 0. The quantitative estimate of drug-likeness (QED) is 0.749. The fourth-order valence-electron chi connectivity index (χ4n) is 1.33. The van der Waals surface area contributed by atoms with Gasteiger partial charge in [0.2, 0.25) is 0 Å². The molecule has 0 radical (unpaired) electrons. The van der Waals surface area contributed by atoms with Crippen molar-refractivity contribution in [3.05, 3.63) is 71.2 Å². The van der Waals surface area contributed by atoms with Crippen LogP contribution in [0.2, 0.25) is 0 Å². The lowest BCUT2D eigenvalue weighted by Crippen LogP contribution is -1.92. The molecule has 2 aromatic rings. The summed E-state index contributed by atoms with van der Waals surface area (Å²) in [6.45, 7) is 3.91. The highest BCUT2D eigenvalue weighted by Crippen LogP contribution is 2.20. The van der Waals surface area contributed by atoms with Gasteiger partial charge in [-0.25, -0.2) is 0 Å². The van der Waals surface area contributed by atoms with Crippen LogP contribution in [-0.4, -0.2) is 0 Å². The van der Waals surface area contributed by atoms with Crippen LogP contribution >= 0.6 is 15.9 Å². The fourth-order valence-corrected chi connectivity index (χ4v) is 1.59. The largest absolute Gasteiger partial charge is 0.457 e. The average Bonchev–Trinajstić information content (AvgIpc) is 2.31. The molecule has 0 spiro atoms. The molecule has 16 heavy (non-hydrogen) atoms. The van der Waals surface area contributed by atoms with Crippen molar-refractivity contribution in [1.29, 1.82) is 0 Å². The van der Waals surface area contributed by atoms with E-state index in [4.69, 9.17) is 4.74 Å². The first-order valence-corrected chi connectivity index (χ1v) is 5.73. The lowest BCUT2D eigenvalue weighted by atomic mass is 10.2. The topological polar surface area (TPSA) is 9.23 Å². The van der Waals surface area contributed by atoms with Gasteiger partial charge in [0.15, 0.2) is 0 Å². The number of halogens is 1. The lowest BCUT2D eigenvalue weighted by molar-refractivity contribution is 0.517. The van der Waals surface area contributed by atoms with Gasteiger partial charge in [0.05, 0.1) is 0 Å². The molecule has 1 nitrogen and oxygen atoms in total. The van der Waals surface area contributed by atoms with Gasteiger partial charge in [-0.05, 0) is 24.3 Å². The summed E-state index contributed by atoms with van der Waals surface area (Å²) in [4.78, 5) is 0. The molecular formula is C14H11BrO. The highest BCUT2D eigenvalue weighted by atomic mass is 79.9. The molecule has 0 fully saturated rings. The van der Waals surface area contributed by atoms with Crippen molar-refractivity contribution < 1.29 is 4.74 Å². The highest BCUT2D eigenvalue weighted by molar-refractivity contribution is 9.10. The Bertz CT molecular complexity index is 474. The van der Waals surface area contributed by atoms with Crippen molar-refractivity contribution in [2.45, 2.75) is 0 Å². The van der Waals surface area contributed by atoms with Crippen LogP contribution in [0.1, 0.15) is 5.56 Å². The number of ether oxygens (including phenoxy) is 1. The summed E-state index contributed by atoms with van der Waals surface area (Å²) >= 11 is 3.39. The molecule has 0 aromatic heterocycles. The van der Waals surface area contributed by atoms with E-state index >= 15 is 0 Å². The number of hydrogen-bond donors (Lipinski definition) is 0. The Morgan fingerprint density at radius 2 is 1.56 bits per heavy atom. The molecule has 0 unspecified atom stereocenters. The second kappa shape index (κ2) is 4.99. The molecular weight excluding hydrogens is 264 g/mol. The third-order valence-corrected chi connectivity index (χ3v) is 2.68. The van der Waals surface area contributed by atoms with Crippen LogP contribution < -0.4 is 4.74 Å². The number of hydrogen-bond acceptors (Lipinski definition) is 1. The first-order chi connectivity index (χ1) is 7.75. The lowest BCUT2D eigenvalue weighted by Gasteiger charge is -2.08. The SMILES string of the molecule is C=C(Oc1ccccc1)c1ccc(Br)cc1. The van der Waals surface area contributed by atoms with Gasteiger partial charge in [-0.15, -0.1) is 0 Å². The van der Waals surface area contributed by atoms with Gasteiger partial charge in [0, 0.05) is 10.0 Å². The third-order valence-electron chi connectivity index (χ3n) is 2.15. The van der Waals surface area contributed by atoms with Gasteiger partial charge in [0.1, 0.15) is 11.5 Å². The molecule has 0 N–H and O–H groups in total. The van der Waals surface area contributed by atoms with E-state index in [-0.39, 0.29) is 0 Å². The maximum atomic E-state index is 5.63. The highest BCUT2D eigenvalue weighted by Gasteiger charge is 2.00. The molecule has 0 aliphatic carbocycles. The third kappa shape index (κ3) is 2.74. The summed E-state index contributed by atoms with van der Waals surface area (Å²) in [5.41, 5.74) is 0.979. The fraction of sp³-hybridized carbons (Fsp3) is 0. The summed E-state index contributed by atoms with van der Waals surface area (Å²) in [7, 11) is 0. The normalized spacial score (nSPS) is 9.81. The van der Waals surface area contributed by atoms with E-state index in [9.17, 15) is 0 Å². The summed E-state index contributed by atoms with van der Waals surface area (Å²) in [5.74, 6) is 1.45. The zero-order valence-corrected chi connectivity index (χ0v) is 10.3. The van der Waals surface area contributed by atoms with Crippen LogP contribution in [0.4, 0.5) is 0 Å². The molecule has 2 heteroatoms. The second-order valence-electron chi connectivity index (χ2n) is 3.35. The van der Waals surface area contributed by atoms with Crippen LogP contribution in [0, 0.1) is 0 Å². The minimum Gasteiger partial charge on any atom is -0.457 e. The first-order valence-electron chi connectivity index (χ1n) is 4.93. The van der Waals surface area contributed by atoms with Crippen molar-refractivity contribution in [3.8, 4) is 5.75 Å². The number of rotatable bonds is 3. The first kappa shape index (κ1) is 11.0. The number of para-hydroxylation sites is 1. The molecule has 0 heterocycles. The van der Waals surface area contributed by atoms with Gasteiger partial charge in [0.25, 0.3) is 0 Å². The Balaban J connectivity index is 2.12. The van der Waals surface area contributed by atoms with Gasteiger partial charge in [-0.2, -0.15) is 0 Å². The van der Waals surface area contributed by atoms with E-state index in [0.717, 1.165) is 15.8 Å². The van der Waals surface area contributed by atoms with E-state index in [1.54, 1.807) is 0 Å². The van der Waals surface area contributed by atoms with Gasteiger partial charge in [-0.1, -0.05) is 52.8 Å². The van der Waals surface area contributed by atoms with E-state index in [1.807, 2.05) is 54.6 Å². The molecule has 0 aliphatic heterocycles. The van der Waals surface area contributed by atoms with Crippen LogP contribution in [0.5, 0.6) is 5.75 Å². The van der Waals surface area contributed by atoms with E-state index < -0.39 is 0 Å². The Hall–Kier alpha value is -1.54. The zero-order chi connectivity index (χ0) is 11.4. The molecule has 0 bridgehead atoms. The van der Waals surface area contributed by atoms with Crippen molar-refractivity contribution in [3.63, 3.8) is 0 Å². The maximum Gasteiger partial charge on any atom is 0.127 e. The van der Waals surface area contributed by atoms with Crippen LogP contribution in [0.25, 0.3) is 5.76 Å². The Morgan fingerprint density at radius 3 is 2.19 bits per heavy atom. The maximum absolute atomic E-state index is 5.63. The standard InChI is InChI=1S/C14H11BrO/c1-11(12-7-9-13(15)10-8-12)16-14-5-3-2-4-6-14/h2-10H,1H2. The van der Waals surface area contributed by atoms with E-state index in [2.05, 4.69) is 22.5 Å². The molecule has 2 aromatic carbocycles. The Kier molecular flexibility index (Phi) is 3.42. The van der Waals surface area contributed by atoms with Crippen molar-refractivity contribution in [1.82, 2.24) is 0 Å². The van der Waals surface area contributed by atoms with Crippen LogP contribution in [0.3, 0.4) is 0 Å². The Labute approximate surface area is 104 Å². The average molecular weight is 275 g/mol. The predicted octanol–water partition coefficient (Wildman–Crippen LogP) is 4.50. The minimum absolute atomic E-state index is 0.652. The van der Waals surface area contributed by atoms with Crippen LogP contribution in [0.15, 0.2) is 65.6 Å². The van der Waals surface area contributed by atoms with Crippen molar-refractivity contribution >= 4 is 21.7 Å². The van der Waals surface area contributed by atoms with Crippen LogP contribution in [-0.2, 0) is 0 Å². The van der Waals surface area contributed by atoms with E-state index in [0.29, 0.717) is 5.76 Å². The minimum atomic E-state index is 0.652. The smallest absolute Gasteiger partial charge is 0.127 e. The van der Waals surface area contributed by atoms with Gasteiger partial charge < -0.3 is 4.74 Å². The zero-order valence-electron chi connectivity index (χ0n) is 8.69. The predicted molar refractivity (Wildman–Crippen MR) is 70.2 cm³/mol. The Morgan fingerprint density at radius 1 is 0.938 bits per heavy atom. The molecule has 0 amide bonds. The molecule has 0 saturated carbocycles. The molecule has 0 saturated heterocycles. The van der Waals surface area contributed by atoms with Gasteiger partial charge >= 0.3 is 0 Å².